The van der Waals surface area contributed by atoms with Gasteiger partial charge in [0.2, 0.25) is 5.91 Å². The molecule has 1 aromatic carbocycles. The van der Waals surface area contributed by atoms with Gasteiger partial charge < -0.3 is 9.88 Å². The van der Waals surface area contributed by atoms with Crippen LogP contribution >= 0.6 is 11.8 Å². The molecule has 6 rings (SSSR count). The lowest BCUT2D eigenvalue weighted by Gasteiger charge is -2.56. The Hall–Kier alpha value is -1.89. The molecule has 0 spiro atoms. The highest BCUT2D eigenvalue weighted by Gasteiger charge is 2.51. The van der Waals surface area contributed by atoms with Crippen LogP contribution in [-0.2, 0) is 11.8 Å². The first-order valence-corrected chi connectivity index (χ1v) is 11.1. The number of halogens is 1. The van der Waals surface area contributed by atoms with E-state index < -0.39 is 0 Å². The highest BCUT2D eigenvalue weighted by Crippen LogP contribution is 2.55. The van der Waals surface area contributed by atoms with Crippen molar-refractivity contribution in [3.8, 4) is 11.4 Å². The summed E-state index contributed by atoms with van der Waals surface area (Å²) < 4.78 is 15.8. The van der Waals surface area contributed by atoms with E-state index in [1.807, 2.05) is 0 Å². The van der Waals surface area contributed by atoms with Gasteiger partial charge in [0, 0.05) is 12.6 Å². The summed E-state index contributed by atoms with van der Waals surface area (Å²) in [5, 5.41) is 12.3. The van der Waals surface area contributed by atoms with Crippen LogP contribution in [0, 0.1) is 23.6 Å². The molecule has 0 atom stereocenters. The normalized spacial score (nSPS) is 30.6. The Balaban J connectivity index is 1.24. The molecule has 0 aliphatic heterocycles. The summed E-state index contributed by atoms with van der Waals surface area (Å²) in [4.78, 5) is 12.7. The molecule has 4 aliphatic rings. The van der Waals surface area contributed by atoms with Crippen molar-refractivity contribution in [2.24, 2.45) is 24.8 Å². The first kappa shape index (κ1) is 18.2. The molecule has 4 saturated carbocycles. The third kappa shape index (κ3) is 3.23. The third-order valence-corrected chi connectivity index (χ3v) is 7.75. The number of hydrogen-bond donors (Lipinski definition) is 1. The van der Waals surface area contributed by atoms with Crippen LogP contribution in [0.5, 0.6) is 0 Å². The van der Waals surface area contributed by atoms with Crippen molar-refractivity contribution in [3.05, 3.63) is 30.1 Å². The first-order chi connectivity index (χ1) is 13.5. The second-order valence-electron chi connectivity index (χ2n) is 8.88. The van der Waals surface area contributed by atoms with Crippen LogP contribution in [0.25, 0.3) is 11.4 Å². The molecule has 1 amide bonds. The number of rotatable bonds is 5. The van der Waals surface area contributed by atoms with Crippen LogP contribution < -0.4 is 5.32 Å². The fraction of sp³-hybridized carbons (Fsp3) is 0.571. The van der Waals surface area contributed by atoms with Crippen LogP contribution in [0.2, 0.25) is 0 Å². The van der Waals surface area contributed by atoms with Gasteiger partial charge in [-0.2, -0.15) is 0 Å². The van der Waals surface area contributed by atoms with Crippen molar-refractivity contribution in [2.45, 2.75) is 49.2 Å². The van der Waals surface area contributed by atoms with Crippen LogP contribution in [0.4, 0.5) is 4.39 Å². The minimum atomic E-state index is -0.325. The van der Waals surface area contributed by atoms with Gasteiger partial charge in [0.1, 0.15) is 5.82 Å². The van der Waals surface area contributed by atoms with E-state index in [9.17, 15) is 9.18 Å². The number of thioether (sulfide) groups is 1. The summed E-state index contributed by atoms with van der Waals surface area (Å²) in [5.74, 6) is 2.95. The lowest BCUT2D eigenvalue weighted by atomic mass is 9.53. The van der Waals surface area contributed by atoms with Crippen LogP contribution in [0.3, 0.4) is 0 Å². The molecule has 0 unspecified atom stereocenters. The van der Waals surface area contributed by atoms with E-state index in [0.717, 1.165) is 37.0 Å². The molecule has 7 heteroatoms. The van der Waals surface area contributed by atoms with E-state index in [-0.39, 0.29) is 17.3 Å². The highest BCUT2D eigenvalue weighted by atomic mass is 32.2. The molecular formula is C21H25FN4OS. The van der Waals surface area contributed by atoms with Gasteiger partial charge in [0.25, 0.3) is 0 Å². The Morgan fingerprint density at radius 2 is 1.82 bits per heavy atom. The lowest BCUT2D eigenvalue weighted by Crippen LogP contribution is -2.60. The molecule has 28 heavy (non-hydrogen) atoms. The summed E-state index contributed by atoms with van der Waals surface area (Å²) in [7, 11) is 1.81. The Bertz CT molecular complexity index is 876. The Kier molecular flexibility index (Phi) is 4.45. The zero-order valence-corrected chi connectivity index (χ0v) is 16.8. The number of carbonyl (C=O) groups is 1. The molecule has 5 nitrogen and oxygen atoms in total. The van der Waals surface area contributed by atoms with Gasteiger partial charge in [0.05, 0.1) is 11.3 Å². The van der Waals surface area contributed by atoms with E-state index in [1.54, 1.807) is 29.8 Å². The average Bonchev–Trinajstić information content (AvgIpc) is 2.99. The van der Waals surface area contributed by atoms with E-state index in [1.165, 1.54) is 37.1 Å². The number of benzene rings is 1. The molecule has 1 heterocycles. The monoisotopic (exact) mass is 400 g/mol. The number of amides is 1. The maximum absolute atomic E-state index is 14.0. The zero-order valence-electron chi connectivity index (χ0n) is 16.0. The van der Waals surface area contributed by atoms with E-state index in [4.69, 9.17) is 0 Å². The van der Waals surface area contributed by atoms with Gasteiger partial charge in [-0.1, -0.05) is 23.9 Å². The van der Waals surface area contributed by atoms with Crippen LogP contribution in [0.1, 0.15) is 38.5 Å². The maximum Gasteiger partial charge on any atom is 0.230 e. The van der Waals surface area contributed by atoms with Crippen molar-refractivity contribution < 1.29 is 9.18 Å². The summed E-state index contributed by atoms with van der Waals surface area (Å²) in [6.45, 7) is 0. The summed E-state index contributed by atoms with van der Waals surface area (Å²) in [5.41, 5.74) is 0.451. The number of nitrogens with zero attached hydrogens (tertiary/aromatic N) is 3. The van der Waals surface area contributed by atoms with Crippen LogP contribution in [0.15, 0.2) is 29.4 Å². The van der Waals surface area contributed by atoms with Gasteiger partial charge in [-0.3, -0.25) is 4.79 Å². The van der Waals surface area contributed by atoms with Crippen molar-refractivity contribution >= 4 is 17.7 Å². The maximum atomic E-state index is 14.0. The molecule has 4 fully saturated rings. The quantitative estimate of drug-likeness (QED) is 0.776. The standard InChI is InChI=1S/C21H25FN4OS/c1-26-19(16-4-2-3-5-17(16)22)24-25-20(26)28-12-18(27)23-21-9-13-6-14(10-21)8-15(7-13)11-21/h2-5,13-15H,6-12H2,1H3,(H,23,27). The van der Waals surface area contributed by atoms with Gasteiger partial charge in [-0.05, 0) is 68.4 Å². The fourth-order valence-electron chi connectivity index (χ4n) is 6.04. The number of carbonyl (C=O) groups excluding carboxylic acids is 1. The topological polar surface area (TPSA) is 59.8 Å². The van der Waals surface area contributed by atoms with Gasteiger partial charge >= 0.3 is 0 Å². The molecule has 2 aromatic rings. The molecule has 148 valence electrons. The smallest absolute Gasteiger partial charge is 0.230 e. The lowest BCUT2D eigenvalue weighted by molar-refractivity contribution is -0.124. The summed E-state index contributed by atoms with van der Waals surface area (Å²) in [6, 6.07) is 6.53. The highest BCUT2D eigenvalue weighted by molar-refractivity contribution is 7.99. The Labute approximate surface area is 168 Å². The van der Waals surface area contributed by atoms with Gasteiger partial charge in [0.15, 0.2) is 11.0 Å². The predicted octanol–water partition coefficient (Wildman–Crippen LogP) is 3.80. The molecule has 4 bridgehead atoms. The first-order valence-electron chi connectivity index (χ1n) is 10.1. The summed E-state index contributed by atoms with van der Waals surface area (Å²) in [6.07, 6.45) is 7.54. The SMILES string of the molecule is Cn1c(SCC(=O)NC23CC4CC(CC(C4)C2)C3)nnc1-c1ccccc1F. The average molecular weight is 401 g/mol. The van der Waals surface area contributed by atoms with Crippen LogP contribution in [-0.4, -0.2) is 32.0 Å². The number of nitrogens with one attached hydrogen (secondary N) is 1. The fourth-order valence-corrected chi connectivity index (χ4v) is 6.75. The van der Waals surface area contributed by atoms with E-state index in [2.05, 4.69) is 15.5 Å². The Morgan fingerprint density at radius 3 is 2.46 bits per heavy atom. The second-order valence-corrected chi connectivity index (χ2v) is 9.82. The van der Waals surface area contributed by atoms with E-state index >= 15 is 0 Å². The molecular weight excluding hydrogens is 375 g/mol. The number of aromatic nitrogens is 3. The van der Waals surface area contributed by atoms with Gasteiger partial charge in [-0.15, -0.1) is 10.2 Å². The number of hydrogen-bond acceptors (Lipinski definition) is 4. The second kappa shape index (κ2) is 6.87. The zero-order chi connectivity index (χ0) is 19.3. The van der Waals surface area contributed by atoms with Crippen molar-refractivity contribution in [1.82, 2.24) is 20.1 Å². The molecule has 1 aromatic heterocycles. The van der Waals surface area contributed by atoms with Gasteiger partial charge in [-0.25, -0.2) is 4.39 Å². The molecule has 0 radical (unpaired) electrons. The van der Waals surface area contributed by atoms with Crippen molar-refractivity contribution in [2.75, 3.05) is 5.75 Å². The molecule has 0 saturated heterocycles. The third-order valence-electron chi connectivity index (χ3n) is 6.72. The van der Waals surface area contributed by atoms with E-state index in [0.29, 0.717) is 22.3 Å². The minimum absolute atomic E-state index is 0.0323. The largest absolute Gasteiger partial charge is 0.350 e. The summed E-state index contributed by atoms with van der Waals surface area (Å²) >= 11 is 1.36. The molecule has 4 aliphatic carbocycles. The molecule has 1 N–H and O–H groups in total. The van der Waals surface area contributed by atoms with Crippen molar-refractivity contribution in [3.63, 3.8) is 0 Å². The van der Waals surface area contributed by atoms with Crippen molar-refractivity contribution in [1.29, 1.82) is 0 Å². The minimum Gasteiger partial charge on any atom is -0.350 e. The Morgan fingerprint density at radius 1 is 1.18 bits per heavy atom. The predicted molar refractivity (Wildman–Crippen MR) is 106 cm³/mol.